The van der Waals surface area contributed by atoms with Crippen molar-refractivity contribution in [2.75, 3.05) is 20.2 Å². The first-order valence-electron chi connectivity index (χ1n) is 6.34. The molecule has 0 aliphatic carbocycles. The first-order valence-corrected chi connectivity index (χ1v) is 6.34. The van der Waals surface area contributed by atoms with E-state index in [2.05, 4.69) is 5.16 Å². The highest BCUT2D eigenvalue weighted by molar-refractivity contribution is 5.96. The maximum Gasteiger partial charge on any atom is 0.310 e. The Balaban J connectivity index is 2.14. The van der Waals surface area contributed by atoms with Gasteiger partial charge in [-0.15, -0.1) is 0 Å². The summed E-state index contributed by atoms with van der Waals surface area (Å²) in [6, 6.07) is 0. The SMILES string of the molecule is COC(=O)[C@H]1CCCN(C(=O)c2c(C)noc2C)C1. The van der Waals surface area contributed by atoms with Crippen LogP contribution in [0.15, 0.2) is 4.52 Å². The van der Waals surface area contributed by atoms with E-state index in [-0.39, 0.29) is 17.8 Å². The molecule has 19 heavy (non-hydrogen) atoms. The Hall–Kier alpha value is -1.85. The number of aryl methyl sites for hydroxylation is 2. The van der Waals surface area contributed by atoms with Crippen LogP contribution in [0.4, 0.5) is 0 Å². The number of hydrogen-bond donors (Lipinski definition) is 0. The summed E-state index contributed by atoms with van der Waals surface area (Å²) in [4.78, 5) is 25.7. The van der Waals surface area contributed by atoms with Crippen molar-refractivity contribution in [3.8, 4) is 0 Å². The minimum Gasteiger partial charge on any atom is -0.469 e. The maximum absolute atomic E-state index is 12.4. The van der Waals surface area contributed by atoms with Crippen LogP contribution in [0.5, 0.6) is 0 Å². The number of likely N-dealkylation sites (tertiary alicyclic amines) is 1. The van der Waals surface area contributed by atoms with Crippen LogP contribution in [-0.4, -0.2) is 42.1 Å². The number of hydrogen-bond acceptors (Lipinski definition) is 5. The number of carbonyl (C=O) groups excluding carboxylic acids is 2. The molecule has 104 valence electrons. The van der Waals surface area contributed by atoms with Gasteiger partial charge in [0, 0.05) is 13.1 Å². The Morgan fingerprint density at radius 3 is 2.74 bits per heavy atom. The van der Waals surface area contributed by atoms with E-state index < -0.39 is 0 Å². The van der Waals surface area contributed by atoms with Crippen molar-refractivity contribution in [1.82, 2.24) is 10.1 Å². The standard InChI is InChI=1S/C13H18N2O4/c1-8-11(9(2)19-14-8)12(16)15-6-4-5-10(7-15)13(17)18-3/h10H,4-7H2,1-3H3/t10-/m0/s1. The van der Waals surface area contributed by atoms with Crippen molar-refractivity contribution < 1.29 is 18.8 Å². The Kier molecular flexibility index (Phi) is 3.87. The van der Waals surface area contributed by atoms with Gasteiger partial charge < -0.3 is 14.2 Å². The summed E-state index contributed by atoms with van der Waals surface area (Å²) < 4.78 is 9.76. The third kappa shape index (κ3) is 2.62. The number of rotatable bonds is 2. The molecule has 1 amide bonds. The number of nitrogens with zero attached hydrogens (tertiary/aromatic N) is 2. The molecule has 1 atom stereocenters. The Morgan fingerprint density at radius 1 is 1.42 bits per heavy atom. The molecule has 0 N–H and O–H groups in total. The van der Waals surface area contributed by atoms with E-state index in [1.54, 1.807) is 18.7 Å². The van der Waals surface area contributed by atoms with E-state index >= 15 is 0 Å². The molecule has 0 unspecified atom stereocenters. The summed E-state index contributed by atoms with van der Waals surface area (Å²) in [6.45, 7) is 4.51. The lowest BCUT2D eigenvalue weighted by molar-refractivity contribution is -0.146. The van der Waals surface area contributed by atoms with E-state index in [1.165, 1.54) is 7.11 Å². The van der Waals surface area contributed by atoms with Gasteiger partial charge in [-0.2, -0.15) is 0 Å². The minimum atomic E-state index is -0.253. The number of methoxy groups -OCH3 is 1. The normalized spacial score (nSPS) is 19.3. The monoisotopic (exact) mass is 266 g/mol. The van der Waals surface area contributed by atoms with Crippen molar-refractivity contribution in [1.29, 1.82) is 0 Å². The van der Waals surface area contributed by atoms with Gasteiger partial charge in [0.05, 0.1) is 18.7 Å². The van der Waals surface area contributed by atoms with Gasteiger partial charge in [0.25, 0.3) is 5.91 Å². The molecule has 1 saturated heterocycles. The molecule has 0 bridgehead atoms. The Bertz CT molecular complexity index is 475. The highest BCUT2D eigenvalue weighted by Gasteiger charge is 2.31. The van der Waals surface area contributed by atoms with Gasteiger partial charge in [-0.25, -0.2) is 0 Å². The van der Waals surface area contributed by atoms with Gasteiger partial charge in [-0.05, 0) is 26.7 Å². The largest absolute Gasteiger partial charge is 0.469 e. The van der Waals surface area contributed by atoms with Crippen molar-refractivity contribution >= 4 is 11.9 Å². The zero-order valence-corrected chi connectivity index (χ0v) is 11.4. The first-order chi connectivity index (χ1) is 9.04. The van der Waals surface area contributed by atoms with Gasteiger partial charge >= 0.3 is 5.97 Å². The van der Waals surface area contributed by atoms with Crippen molar-refractivity contribution in [3.05, 3.63) is 17.0 Å². The quantitative estimate of drug-likeness (QED) is 0.755. The minimum absolute atomic E-state index is 0.121. The third-order valence-electron chi connectivity index (χ3n) is 3.49. The molecule has 6 heteroatoms. The molecule has 1 fully saturated rings. The van der Waals surface area contributed by atoms with E-state index in [4.69, 9.17) is 9.26 Å². The number of esters is 1. The van der Waals surface area contributed by atoms with Gasteiger partial charge in [-0.3, -0.25) is 9.59 Å². The molecular weight excluding hydrogens is 248 g/mol. The lowest BCUT2D eigenvalue weighted by Gasteiger charge is -2.31. The lowest BCUT2D eigenvalue weighted by atomic mass is 9.97. The van der Waals surface area contributed by atoms with Gasteiger partial charge in [0.1, 0.15) is 11.3 Å². The molecule has 1 aromatic heterocycles. The zero-order valence-electron chi connectivity index (χ0n) is 11.4. The Morgan fingerprint density at radius 2 is 2.16 bits per heavy atom. The van der Waals surface area contributed by atoms with Gasteiger partial charge in [-0.1, -0.05) is 5.16 Å². The maximum atomic E-state index is 12.4. The lowest BCUT2D eigenvalue weighted by Crippen LogP contribution is -2.42. The molecule has 0 spiro atoms. The van der Waals surface area contributed by atoms with Crippen LogP contribution in [0.3, 0.4) is 0 Å². The molecular formula is C13H18N2O4. The van der Waals surface area contributed by atoms with E-state index in [0.29, 0.717) is 30.1 Å². The van der Waals surface area contributed by atoms with Crippen molar-refractivity contribution in [2.24, 2.45) is 5.92 Å². The predicted molar refractivity (Wildman–Crippen MR) is 66.6 cm³/mol. The summed E-state index contributed by atoms with van der Waals surface area (Å²) in [7, 11) is 1.37. The van der Waals surface area contributed by atoms with Crippen LogP contribution in [0.25, 0.3) is 0 Å². The summed E-state index contributed by atoms with van der Waals surface area (Å²) in [5.41, 5.74) is 1.09. The topological polar surface area (TPSA) is 72.6 Å². The van der Waals surface area contributed by atoms with Gasteiger partial charge in [0.2, 0.25) is 0 Å². The van der Waals surface area contributed by atoms with E-state index in [1.807, 2.05) is 0 Å². The second kappa shape index (κ2) is 5.42. The average Bonchev–Trinajstić information content (AvgIpc) is 2.76. The Labute approximate surface area is 111 Å². The number of carbonyl (C=O) groups is 2. The fourth-order valence-electron chi connectivity index (χ4n) is 2.47. The van der Waals surface area contributed by atoms with Crippen molar-refractivity contribution in [2.45, 2.75) is 26.7 Å². The van der Waals surface area contributed by atoms with Gasteiger partial charge in [0.15, 0.2) is 0 Å². The predicted octanol–water partition coefficient (Wildman–Crippen LogP) is 1.32. The van der Waals surface area contributed by atoms with Crippen LogP contribution in [0.2, 0.25) is 0 Å². The van der Waals surface area contributed by atoms with Crippen LogP contribution < -0.4 is 0 Å². The molecule has 0 saturated carbocycles. The fourth-order valence-corrected chi connectivity index (χ4v) is 2.47. The summed E-state index contributed by atoms with van der Waals surface area (Å²) in [6.07, 6.45) is 1.56. The zero-order chi connectivity index (χ0) is 14.0. The smallest absolute Gasteiger partial charge is 0.310 e. The summed E-state index contributed by atoms with van der Waals surface area (Å²) >= 11 is 0. The number of amides is 1. The fraction of sp³-hybridized carbons (Fsp3) is 0.615. The molecule has 0 aromatic carbocycles. The third-order valence-corrected chi connectivity index (χ3v) is 3.49. The molecule has 1 aliphatic rings. The highest BCUT2D eigenvalue weighted by Crippen LogP contribution is 2.22. The second-order valence-corrected chi connectivity index (χ2v) is 4.81. The number of piperidine rings is 1. The van der Waals surface area contributed by atoms with Crippen LogP contribution >= 0.6 is 0 Å². The molecule has 0 radical (unpaired) electrons. The molecule has 2 rings (SSSR count). The van der Waals surface area contributed by atoms with E-state index in [0.717, 1.165) is 12.8 Å². The molecule has 6 nitrogen and oxygen atoms in total. The first kappa shape index (κ1) is 13.6. The number of aromatic nitrogens is 1. The van der Waals surface area contributed by atoms with Crippen LogP contribution in [0, 0.1) is 19.8 Å². The highest BCUT2D eigenvalue weighted by atomic mass is 16.5. The van der Waals surface area contributed by atoms with Crippen LogP contribution in [0.1, 0.15) is 34.7 Å². The summed E-state index contributed by atoms with van der Waals surface area (Å²) in [5, 5.41) is 3.79. The summed E-state index contributed by atoms with van der Waals surface area (Å²) in [5.74, 6) is -0.0908. The average molecular weight is 266 g/mol. The molecule has 2 heterocycles. The number of ether oxygens (including phenoxy) is 1. The second-order valence-electron chi connectivity index (χ2n) is 4.81. The molecule has 1 aliphatic heterocycles. The van der Waals surface area contributed by atoms with Crippen molar-refractivity contribution in [3.63, 3.8) is 0 Å². The van der Waals surface area contributed by atoms with E-state index in [9.17, 15) is 9.59 Å². The van der Waals surface area contributed by atoms with Crippen LogP contribution in [-0.2, 0) is 9.53 Å². The molecule has 1 aromatic rings.